The summed E-state index contributed by atoms with van der Waals surface area (Å²) >= 11 is 0. The Bertz CT molecular complexity index is 840. The molecule has 2 fully saturated rings. The Balaban J connectivity index is 1.42. The number of aromatic nitrogens is 2. The first-order valence-corrected chi connectivity index (χ1v) is 9.89. The molecule has 1 aromatic carbocycles. The van der Waals surface area contributed by atoms with Crippen LogP contribution < -0.4 is 9.80 Å². The number of fused-ring (bicyclic) bond motifs is 1. The van der Waals surface area contributed by atoms with E-state index < -0.39 is 0 Å². The van der Waals surface area contributed by atoms with Gasteiger partial charge in [0.25, 0.3) is 0 Å². The van der Waals surface area contributed by atoms with E-state index in [4.69, 9.17) is 19.4 Å². The Morgan fingerprint density at radius 2 is 1.81 bits per heavy atom. The van der Waals surface area contributed by atoms with Crippen LogP contribution in [0.15, 0.2) is 30.3 Å². The van der Waals surface area contributed by atoms with Crippen LogP contribution in [0, 0.1) is 6.92 Å². The van der Waals surface area contributed by atoms with Crippen LogP contribution >= 0.6 is 0 Å². The lowest BCUT2D eigenvalue weighted by Gasteiger charge is -2.37. The number of para-hydroxylation sites is 1. The van der Waals surface area contributed by atoms with Crippen molar-refractivity contribution >= 4 is 17.5 Å². The normalized spacial score (nSPS) is 23.9. The maximum atomic E-state index is 5.85. The zero-order chi connectivity index (χ0) is 18.4. The lowest BCUT2D eigenvalue weighted by Crippen LogP contribution is -2.45. The summed E-state index contributed by atoms with van der Waals surface area (Å²) in [5.41, 5.74) is 3.65. The van der Waals surface area contributed by atoms with Gasteiger partial charge in [-0.05, 0) is 31.9 Å². The summed E-state index contributed by atoms with van der Waals surface area (Å²) in [7, 11) is 0. The van der Waals surface area contributed by atoms with Crippen LogP contribution in [0.4, 0.5) is 17.5 Å². The zero-order valence-corrected chi connectivity index (χ0v) is 16.0. The summed E-state index contributed by atoms with van der Waals surface area (Å²) in [5, 5.41) is 0. The van der Waals surface area contributed by atoms with Crippen molar-refractivity contribution in [1.29, 1.82) is 0 Å². The fraction of sp³-hybridized carbons (Fsp3) is 0.524. The Morgan fingerprint density at radius 1 is 1.07 bits per heavy atom. The highest BCUT2D eigenvalue weighted by molar-refractivity contribution is 5.69. The predicted molar refractivity (Wildman–Crippen MR) is 105 cm³/mol. The molecule has 1 unspecified atom stereocenters. The van der Waals surface area contributed by atoms with E-state index in [0.29, 0.717) is 19.3 Å². The molecule has 4 heterocycles. The number of aryl methyl sites for hydroxylation is 1. The number of hydrogen-bond acceptors (Lipinski definition) is 6. The highest BCUT2D eigenvalue weighted by Crippen LogP contribution is 2.38. The van der Waals surface area contributed by atoms with Crippen LogP contribution in [0.3, 0.4) is 0 Å². The van der Waals surface area contributed by atoms with E-state index in [0.717, 1.165) is 49.8 Å². The number of rotatable bonds is 2. The Hall–Kier alpha value is -2.18. The second-order valence-corrected chi connectivity index (χ2v) is 7.81. The van der Waals surface area contributed by atoms with E-state index in [1.165, 1.54) is 11.3 Å². The fourth-order valence-corrected chi connectivity index (χ4v) is 4.55. The van der Waals surface area contributed by atoms with Crippen molar-refractivity contribution < 1.29 is 9.47 Å². The fourth-order valence-electron chi connectivity index (χ4n) is 4.55. The highest BCUT2D eigenvalue weighted by atomic mass is 16.7. The number of benzene rings is 1. The standard InChI is InChI=1S/C21H26N4O2/c1-15-13-19(25-16(2)14-17-5-3-4-6-18(17)25)23-20(22-15)24-9-7-21(8-10-24)26-11-12-27-21/h3-6,13,16H,7-12,14H2,1-2H3. The van der Waals surface area contributed by atoms with E-state index >= 15 is 0 Å². The highest BCUT2D eigenvalue weighted by Gasteiger charge is 2.40. The number of ether oxygens (including phenoxy) is 2. The summed E-state index contributed by atoms with van der Waals surface area (Å²) in [6.07, 6.45) is 2.78. The summed E-state index contributed by atoms with van der Waals surface area (Å²) < 4.78 is 11.7. The number of hydrogen-bond donors (Lipinski definition) is 0. The van der Waals surface area contributed by atoms with Crippen molar-refractivity contribution in [2.75, 3.05) is 36.1 Å². The van der Waals surface area contributed by atoms with E-state index in [2.05, 4.69) is 54.0 Å². The van der Waals surface area contributed by atoms with E-state index in [1.54, 1.807) is 0 Å². The van der Waals surface area contributed by atoms with Gasteiger partial charge in [-0.3, -0.25) is 0 Å². The lowest BCUT2D eigenvalue weighted by atomic mass is 10.0. The van der Waals surface area contributed by atoms with Gasteiger partial charge in [-0.15, -0.1) is 0 Å². The maximum absolute atomic E-state index is 5.85. The number of nitrogens with zero attached hydrogens (tertiary/aromatic N) is 4. The second kappa shape index (κ2) is 6.46. The van der Waals surface area contributed by atoms with Crippen molar-refractivity contribution in [3.63, 3.8) is 0 Å². The second-order valence-electron chi connectivity index (χ2n) is 7.81. The first-order valence-electron chi connectivity index (χ1n) is 9.89. The monoisotopic (exact) mass is 366 g/mol. The van der Waals surface area contributed by atoms with E-state index in [9.17, 15) is 0 Å². The first-order chi connectivity index (χ1) is 13.1. The van der Waals surface area contributed by atoms with Crippen LogP contribution in [0.2, 0.25) is 0 Å². The van der Waals surface area contributed by atoms with Crippen LogP contribution in [0.25, 0.3) is 0 Å². The largest absolute Gasteiger partial charge is 0.347 e. The molecule has 142 valence electrons. The SMILES string of the molecule is Cc1cc(N2c3ccccc3CC2C)nc(N2CCC3(CC2)OCCO3)n1. The summed E-state index contributed by atoms with van der Waals surface area (Å²) in [6, 6.07) is 11.1. The predicted octanol–water partition coefficient (Wildman–Crippen LogP) is 3.21. The third-order valence-corrected chi connectivity index (χ3v) is 5.90. The molecular weight excluding hydrogens is 340 g/mol. The molecule has 5 rings (SSSR count). The minimum Gasteiger partial charge on any atom is -0.347 e. The van der Waals surface area contributed by atoms with Gasteiger partial charge < -0.3 is 19.3 Å². The minimum atomic E-state index is -0.369. The summed E-state index contributed by atoms with van der Waals surface area (Å²) in [6.45, 7) is 7.44. The summed E-state index contributed by atoms with van der Waals surface area (Å²) in [4.78, 5) is 14.3. The molecule has 0 bridgehead atoms. The molecule has 1 atom stereocenters. The van der Waals surface area contributed by atoms with Gasteiger partial charge in [-0.25, -0.2) is 4.98 Å². The number of anilines is 3. The number of piperidine rings is 1. The molecule has 0 amide bonds. The smallest absolute Gasteiger partial charge is 0.227 e. The topological polar surface area (TPSA) is 50.7 Å². The van der Waals surface area contributed by atoms with Crippen LogP contribution in [0.1, 0.15) is 31.0 Å². The van der Waals surface area contributed by atoms with Crippen LogP contribution in [0.5, 0.6) is 0 Å². The average Bonchev–Trinajstić information content (AvgIpc) is 3.25. The zero-order valence-electron chi connectivity index (χ0n) is 16.0. The van der Waals surface area contributed by atoms with Crippen molar-refractivity contribution in [2.24, 2.45) is 0 Å². The molecule has 0 N–H and O–H groups in total. The Kier molecular flexibility index (Phi) is 4.06. The minimum absolute atomic E-state index is 0.369. The van der Waals surface area contributed by atoms with Gasteiger partial charge in [0.05, 0.1) is 13.2 Å². The van der Waals surface area contributed by atoms with Crippen molar-refractivity contribution in [3.05, 3.63) is 41.6 Å². The van der Waals surface area contributed by atoms with Gasteiger partial charge >= 0.3 is 0 Å². The van der Waals surface area contributed by atoms with Gasteiger partial charge in [0.1, 0.15) is 5.82 Å². The molecule has 0 radical (unpaired) electrons. The van der Waals surface area contributed by atoms with Gasteiger partial charge in [-0.1, -0.05) is 18.2 Å². The Labute approximate surface area is 160 Å². The van der Waals surface area contributed by atoms with Crippen molar-refractivity contribution in [3.8, 4) is 0 Å². The molecule has 6 nitrogen and oxygen atoms in total. The molecule has 27 heavy (non-hydrogen) atoms. The third kappa shape index (κ3) is 2.97. The molecule has 0 saturated carbocycles. The molecule has 6 heteroatoms. The Morgan fingerprint density at radius 3 is 2.59 bits per heavy atom. The van der Waals surface area contributed by atoms with E-state index in [-0.39, 0.29) is 5.79 Å². The summed E-state index contributed by atoms with van der Waals surface area (Å²) in [5.74, 6) is 1.43. The average molecular weight is 366 g/mol. The van der Waals surface area contributed by atoms with Gasteiger partial charge in [0.2, 0.25) is 5.95 Å². The van der Waals surface area contributed by atoms with Crippen molar-refractivity contribution in [2.45, 2.75) is 44.9 Å². The lowest BCUT2D eigenvalue weighted by molar-refractivity contribution is -0.169. The molecule has 1 spiro atoms. The third-order valence-electron chi connectivity index (χ3n) is 5.90. The van der Waals surface area contributed by atoms with Crippen molar-refractivity contribution in [1.82, 2.24) is 9.97 Å². The van der Waals surface area contributed by atoms with Gasteiger partial charge in [-0.2, -0.15) is 4.98 Å². The molecule has 2 saturated heterocycles. The quantitative estimate of drug-likeness (QED) is 0.813. The van der Waals surface area contributed by atoms with Gasteiger partial charge in [0.15, 0.2) is 5.79 Å². The van der Waals surface area contributed by atoms with Crippen LogP contribution in [-0.4, -0.2) is 48.1 Å². The molecular formula is C21H26N4O2. The molecule has 3 aliphatic rings. The van der Waals surface area contributed by atoms with E-state index in [1.807, 2.05) is 0 Å². The molecule has 2 aromatic rings. The maximum Gasteiger partial charge on any atom is 0.227 e. The molecule has 1 aromatic heterocycles. The van der Waals surface area contributed by atoms with Gasteiger partial charge in [0, 0.05) is 49.4 Å². The molecule has 3 aliphatic heterocycles. The van der Waals surface area contributed by atoms with Crippen LogP contribution in [-0.2, 0) is 15.9 Å². The molecule has 0 aliphatic carbocycles. The first kappa shape index (κ1) is 17.0.